The van der Waals surface area contributed by atoms with Crippen LogP contribution >= 0.6 is 0 Å². The molecule has 0 unspecified atom stereocenters. The van der Waals surface area contributed by atoms with Crippen LogP contribution in [-0.2, 0) is 21.1 Å². The van der Waals surface area contributed by atoms with E-state index in [-0.39, 0.29) is 27.1 Å². The van der Waals surface area contributed by atoms with Crippen molar-refractivity contribution in [1.82, 2.24) is 9.55 Å². The van der Waals surface area contributed by atoms with E-state index in [1.54, 1.807) is 0 Å². The normalized spacial score (nSPS) is 13.3. The maximum Gasteiger partial charge on any atom is 0.145 e. The third-order valence-corrected chi connectivity index (χ3v) is 11.9. The Morgan fingerprint density at radius 2 is 1.48 bits per heavy atom. The summed E-state index contributed by atoms with van der Waals surface area (Å²) >= 11 is 0. The van der Waals surface area contributed by atoms with Gasteiger partial charge in [0.15, 0.2) is 0 Å². The molecule has 44 heavy (non-hydrogen) atoms. The topological polar surface area (TPSA) is 37.1 Å². The molecule has 2 aromatic heterocycles. The van der Waals surface area contributed by atoms with E-state index < -0.39 is 8.07 Å². The fourth-order valence-corrected chi connectivity index (χ4v) is 8.26. The van der Waals surface area contributed by atoms with Gasteiger partial charge in [0.25, 0.3) is 0 Å². The number of nitrogens with zero attached hydrogens (tertiary/aromatic N) is 4. The summed E-state index contributed by atoms with van der Waals surface area (Å²) in [6, 6.07) is 40.3. The zero-order valence-electron chi connectivity index (χ0n) is 25.9. The van der Waals surface area contributed by atoms with Crippen LogP contribution in [0.2, 0.25) is 13.1 Å². The summed E-state index contributed by atoms with van der Waals surface area (Å²) in [5.74, 6) is 1.35. The largest absolute Gasteiger partial charge is 0.319 e. The van der Waals surface area contributed by atoms with Crippen LogP contribution in [0.3, 0.4) is 0 Å². The number of hydroxylamine groups is 1. The quantitative estimate of drug-likeness (QED) is 0.0981. The second kappa shape index (κ2) is 11.7. The minimum atomic E-state index is -2.21. The Bertz CT molecular complexity index is 1980. The molecule has 4 aromatic carbocycles. The van der Waals surface area contributed by atoms with Crippen molar-refractivity contribution in [3.05, 3.63) is 115 Å². The first-order valence-corrected chi connectivity index (χ1v) is 18.1. The minimum Gasteiger partial charge on any atom is -0.319 e. The summed E-state index contributed by atoms with van der Waals surface area (Å²) in [5, 5.41) is 8.98. The van der Waals surface area contributed by atoms with Crippen LogP contribution in [0, 0.1) is 12.1 Å². The molecule has 5 nitrogen and oxygen atoms in total. The van der Waals surface area contributed by atoms with Crippen LogP contribution in [-0.4, -0.2) is 28.6 Å². The maximum atomic E-state index is 4.98. The average Bonchev–Trinajstić information content (AvgIpc) is 3.57. The van der Waals surface area contributed by atoms with Gasteiger partial charge in [-0.05, 0) is 61.0 Å². The summed E-state index contributed by atoms with van der Waals surface area (Å²) in [6.45, 7) is 13.6. The molecule has 226 valence electrons. The zero-order valence-corrected chi connectivity index (χ0v) is 29.2. The van der Waals surface area contributed by atoms with E-state index >= 15 is 0 Å². The van der Waals surface area contributed by atoms with Gasteiger partial charge in [-0.1, -0.05) is 62.8 Å². The SMILES string of the molecule is CC(C)c1ccnc(-n2c3[c-]c([Si](C)(C)c4[c-]c(N5[OH+]N(C(C)C)c6ccccc65)ccc4)ccc3c3ccccc32)c1.[Pt]. The number of hydrogen-bond acceptors (Lipinski definition) is 3. The third kappa shape index (κ3) is 4.99. The molecule has 1 N–H and O–H groups in total. The number of rotatable bonds is 6. The van der Waals surface area contributed by atoms with Crippen LogP contribution < -0.4 is 20.5 Å². The van der Waals surface area contributed by atoms with Crippen molar-refractivity contribution in [2.75, 3.05) is 10.1 Å². The Morgan fingerprint density at radius 3 is 2.25 bits per heavy atom. The van der Waals surface area contributed by atoms with Gasteiger partial charge in [0.05, 0.1) is 14.1 Å². The van der Waals surface area contributed by atoms with Gasteiger partial charge in [0.1, 0.15) is 17.2 Å². The predicted molar refractivity (Wildman–Crippen MR) is 182 cm³/mol. The molecule has 0 radical (unpaired) electrons. The molecule has 0 atom stereocenters. The van der Waals surface area contributed by atoms with Crippen LogP contribution in [0.15, 0.2) is 97.2 Å². The van der Waals surface area contributed by atoms with Gasteiger partial charge in [0, 0.05) is 38.5 Å². The Labute approximate surface area is 275 Å². The molecule has 0 saturated heterocycles. The number of benzene rings is 4. The number of fused-ring (bicyclic) bond motifs is 4. The van der Waals surface area contributed by atoms with Crippen molar-refractivity contribution in [1.29, 1.82) is 0 Å². The first-order chi connectivity index (χ1) is 20.7. The minimum absolute atomic E-state index is 0. The molecule has 0 bridgehead atoms. The summed E-state index contributed by atoms with van der Waals surface area (Å²) in [4.78, 5) is 9.82. The van der Waals surface area contributed by atoms with Crippen LogP contribution in [0.5, 0.6) is 0 Å². The van der Waals surface area contributed by atoms with E-state index in [2.05, 4.69) is 154 Å². The van der Waals surface area contributed by atoms with E-state index in [0.29, 0.717) is 5.92 Å². The molecule has 0 fully saturated rings. The summed E-state index contributed by atoms with van der Waals surface area (Å²) in [6.07, 6.45) is 1.93. The van der Waals surface area contributed by atoms with Gasteiger partial charge >= 0.3 is 0 Å². The summed E-state index contributed by atoms with van der Waals surface area (Å²) in [5.41, 5.74) is 6.65. The number of pyridine rings is 1. The van der Waals surface area contributed by atoms with Crippen molar-refractivity contribution in [3.63, 3.8) is 0 Å². The van der Waals surface area contributed by atoms with Gasteiger partial charge < -0.3 is 4.57 Å². The fraction of sp³-hybridized carbons (Fsp3) is 0.216. The molecule has 0 saturated carbocycles. The summed E-state index contributed by atoms with van der Waals surface area (Å²) in [7, 11) is -2.21. The van der Waals surface area contributed by atoms with Crippen molar-refractivity contribution in [2.24, 2.45) is 0 Å². The van der Waals surface area contributed by atoms with Gasteiger partial charge in [0.2, 0.25) is 0 Å². The van der Waals surface area contributed by atoms with E-state index in [1.807, 2.05) is 11.3 Å². The Hall–Kier alpha value is -3.70. The number of hydrogen-bond donors (Lipinski definition) is 0. The second-order valence-corrected chi connectivity index (χ2v) is 16.8. The molecule has 0 spiro atoms. The molecule has 7 rings (SSSR count). The molecular formula is C37H37N4OPtSi-. The Kier molecular flexibility index (Phi) is 8.04. The van der Waals surface area contributed by atoms with Crippen molar-refractivity contribution < 1.29 is 26.0 Å². The Balaban J connectivity index is 0.00000343. The average molecular weight is 777 g/mol. The maximum absolute atomic E-state index is 4.98. The monoisotopic (exact) mass is 776 g/mol. The third-order valence-electron chi connectivity index (χ3n) is 8.64. The number of para-hydroxylation sites is 3. The van der Waals surface area contributed by atoms with E-state index in [9.17, 15) is 0 Å². The van der Waals surface area contributed by atoms with E-state index in [4.69, 9.17) is 9.92 Å². The second-order valence-electron chi connectivity index (χ2n) is 12.5. The molecule has 1 aliphatic heterocycles. The molecule has 6 aromatic rings. The molecular weight excluding hydrogens is 740 g/mol. The van der Waals surface area contributed by atoms with Gasteiger partial charge in [-0.15, -0.1) is 21.6 Å². The van der Waals surface area contributed by atoms with Gasteiger partial charge in [-0.3, -0.25) is 0 Å². The van der Waals surface area contributed by atoms with Crippen LogP contribution in [0.1, 0.15) is 39.2 Å². The van der Waals surface area contributed by atoms with Gasteiger partial charge in [-0.2, -0.15) is 51.7 Å². The molecule has 0 amide bonds. The molecule has 0 aliphatic carbocycles. The number of aromatic nitrogens is 2. The first kappa shape index (κ1) is 30.3. The molecule has 7 heteroatoms. The standard InChI is InChI=1S/C37H36N4OSi.Pt/c1-25(2)27-20-21-38-37(22-27)39-33-15-8-7-14-31(33)32-19-18-30(24-36(32)39)43(5,6)29-13-11-12-28(23-29)41-35-17-10-9-16-34(35)40(42-41)26(3)4;/h7-22,25-26H,1-6H3;/q-2;/p+1. The molecule has 1 aliphatic rings. The van der Waals surface area contributed by atoms with E-state index in [0.717, 1.165) is 33.9 Å². The smallest absolute Gasteiger partial charge is 0.145 e. The number of anilines is 3. The fourth-order valence-electron chi connectivity index (χ4n) is 6.09. The van der Waals surface area contributed by atoms with Gasteiger partial charge in [-0.25, -0.2) is 4.98 Å². The molecule has 3 heterocycles. The van der Waals surface area contributed by atoms with Crippen LogP contribution in [0.4, 0.5) is 17.1 Å². The Morgan fingerprint density at radius 1 is 0.750 bits per heavy atom. The van der Waals surface area contributed by atoms with Crippen LogP contribution in [0.25, 0.3) is 27.6 Å². The van der Waals surface area contributed by atoms with Crippen molar-refractivity contribution >= 4 is 57.3 Å². The summed E-state index contributed by atoms with van der Waals surface area (Å²) < 4.78 is 2.28. The van der Waals surface area contributed by atoms with E-state index in [1.165, 1.54) is 26.7 Å². The predicted octanol–water partition coefficient (Wildman–Crippen LogP) is 7.93. The van der Waals surface area contributed by atoms with Crippen molar-refractivity contribution in [3.8, 4) is 5.82 Å². The first-order valence-electron chi connectivity index (χ1n) is 15.1. The zero-order chi connectivity index (χ0) is 29.9. The van der Waals surface area contributed by atoms with Crippen molar-refractivity contribution in [2.45, 2.75) is 52.7 Å².